The van der Waals surface area contributed by atoms with Crippen molar-refractivity contribution in [2.75, 3.05) is 0 Å². The Morgan fingerprint density at radius 1 is 0.481 bits per heavy atom. The van der Waals surface area contributed by atoms with E-state index in [0.29, 0.717) is 5.78 Å². The van der Waals surface area contributed by atoms with Gasteiger partial charge in [0.25, 0.3) is 0 Å². The third-order valence-corrected chi connectivity index (χ3v) is 20.6. The van der Waals surface area contributed by atoms with Gasteiger partial charge in [-0.3, -0.25) is 9.78 Å². The molecule has 0 spiro atoms. The number of hydrogen-bond donors (Lipinski definition) is 0. The second-order valence-electron chi connectivity index (χ2n) is 25.3. The van der Waals surface area contributed by atoms with Gasteiger partial charge < -0.3 is 4.40 Å². The molecule has 2 bridgehead atoms. The lowest BCUT2D eigenvalue weighted by molar-refractivity contribution is 0.0543. The summed E-state index contributed by atoms with van der Waals surface area (Å²) in [6.45, 7) is 7.03. The van der Waals surface area contributed by atoms with Crippen molar-refractivity contribution in [3.63, 3.8) is 0 Å². The smallest absolute Gasteiger partial charge is 0.169 e. The minimum atomic E-state index is -0.715. The largest absolute Gasteiger partial charge is 0.306 e. The Morgan fingerprint density at radius 2 is 0.914 bits per heavy atom. The van der Waals surface area contributed by atoms with Crippen LogP contribution in [-0.4, -0.2) is 15.2 Å². The van der Waals surface area contributed by atoms with Crippen molar-refractivity contribution in [1.82, 2.24) is 9.38 Å². The number of fused-ring (bicyclic) bond motifs is 10. The van der Waals surface area contributed by atoms with E-state index in [1.807, 2.05) is 0 Å². The van der Waals surface area contributed by atoms with Crippen LogP contribution in [0.1, 0.15) is 125 Å². The second-order valence-corrected chi connectivity index (χ2v) is 25.3. The Labute approximate surface area is 476 Å². The minimum Gasteiger partial charge on any atom is -0.306 e. The zero-order chi connectivity index (χ0) is 54.6. The number of hydrogen-bond acceptors (Lipinski definition) is 2. The number of pyridine rings is 1. The maximum atomic E-state index is 15.7. The Kier molecular flexibility index (Phi) is 11.5. The highest BCUT2D eigenvalue weighted by Crippen LogP contribution is 2.61. The van der Waals surface area contributed by atoms with E-state index in [4.69, 9.17) is 4.98 Å². The first kappa shape index (κ1) is 49.6. The molecule has 0 atom stereocenters. The molecule has 0 aliphatic heterocycles. The van der Waals surface area contributed by atoms with Gasteiger partial charge in [-0.1, -0.05) is 233 Å². The summed E-state index contributed by atoms with van der Waals surface area (Å²) in [5.74, 6) is 0.586. The van der Waals surface area contributed by atoms with E-state index in [0.717, 1.165) is 74.4 Å². The van der Waals surface area contributed by atoms with Gasteiger partial charge in [-0.05, 0) is 149 Å². The molecular formula is C78H68N2O. The minimum absolute atomic E-state index is 0.107. The molecule has 9 aromatic carbocycles. The summed E-state index contributed by atoms with van der Waals surface area (Å²) in [4.78, 5) is 21.7. The number of carbonyl (C=O) groups excluding carboxylic acids is 1. The average Bonchev–Trinajstić information content (AvgIpc) is 1.75. The third kappa shape index (κ3) is 7.53. The van der Waals surface area contributed by atoms with E-state index in [-0.39, 0.29) is 22.2 Å². The van der Waals surface area contributed by atoms with Gasteiger partial charge >= 0.3 is 0 Å². The van der Waals surface area contributed by atoms with Gasteiger partial charge in [-0.25, -0.2) is 0 Å². The molecule has 3 heterocycles. The Balaban J connectivity index is 1.15. The van der Waals surface area contributed by atoms with Crippen molar-refractivity contribution in [3.05, 3.63) is 310 Å². The van der Waals surface area contributed by atoms with Crippen molar-refractivity contribution in [3.8, 4) is 0 Å². The molecule has 1 fully saturated rings. The third-order valence-electron chi connectivity index (χ3n) is 20.6. The highest BCUT2D eigenvalue weighted by atomic mass is 16.1. The molecule has 81 heavy (non-hydrogen) atoms. The molecule has 0 radical (unpaired) electrons. The lowest BCUT2D eigenvalue weighted by atomic mass is 9.60. The van der Waals surface area contributed by atoms with Crippen molar-refractivity contribution in [2.45, 2.75) is 100 Å². The van der Waals surface area contributed by atoms with Crippen LogP contribution in [0.5, 0.6) is 0 Å². The lowest BCUT2D eigenvalue weighted by Crippen LogP contribution is -2.39. The quantitative estimate of drug-likeness (QED) is 0.108. The second kappa shape index (κ2) is 18.8. The van der Waals surface area contributed by atoms with E-state index < -0.39 is 10.8 Å². The van der Waals surface area contributed by atoms with Gasteiger partial charge in [0.2, 0.25) is 0 Å². The lowest BCUT2D eigenvalue weighted by Gasteiger charge is -2.42. The molecule has 3 heteroatoms. The van der Waals surface area contributed by atoms with Crippen LogP contribution in [0.2, 0.25) is 0 Å². The predicted molar refractivity (Wildman–Crippen MR) is 333 cm³/mol. The SMILES string of the molecule is CC(C)C12CCC(C)(CC1)c1cc3c4cc(C(c5ccccc5)(c5ccccc5)c5ccccc5)cc5c6c7c(ncc6n(c3cc1C2=O)c45)C(Cc1ccccc1)(Cc1ccccc1)CC7(Cc1ccccc1)Cc1ccccc1. The molecule has 4 aliphatic rings. The summed E-state index contributed by atoms with van der Waals surface area (Å²) in [5.41, 5.74) is 16.3. The Morgan fingerprint density at radius 3 is 1.37 bits per heavy atom. The molecule has 0 amide bonds. The number of ketones is 1. The van der Waals surface area contributed by atoms with Crippen LogP contribution >= 0.6 is 0 Å². The first-order valence-corrected chi connectivity index (χ1v) is 29.7. The van der Waals surface area contributed by atoms with Crippen LogP contribution in [0.3, 0.4) is 0 Å². The maximum absolute atomic E-state index is 15.7. The van der Waals surface area contributed by atoms with Crippen molar-refractivity contribution in [1.29, 1.82) is 0 Å². The highest BCUT2D eigenvalue weighted by molar-refractivity contribution is 6.25. The van der Waals surface area contributed by atoms with E-state index >= 15 is 4.79 Å². The Bertz CT molecular complexity index is 4110. The molecule has 4 aliphatic carbocycles. The molecule has 1 saturated carbocycles. The normalized spacial score (nSPS) is 19.2. The summed E-state index contributed by atoms with van der Waals surface area (Å²) in [5, 5.41) is 4.96. The van der Waals surface area contributed by atoms with Crippen LogP contribution < -0.4 is 0 Å². The standard InChI is InChI=1S/C78H68N2O/c1-53(2)77-41-39-74(3,40-42-77)66-45-62-63-43-61(78(58-33-19-8-20-34-58,59-35-21-9-22-36-59)60-37-23-10-24-38-60)44-65-69-68(80(71(63)65)67(62)46-64(66)73(77)81)51-79-72-70(69)75(47-54-25-11-4-12-26-54,48-55-27-13-5-14-28-55)52-76(72,49-56-29-15-6-16-30-56)50-57-31-17-7-18-32-57/h4-38,43-46,51,53H,39-42,47-50,52H2,1-3H3. The number of Topliss-reactive ketones (excluding diaryl/α,β-unsaturated/α-hetero) is 1. The summed E-state index contributed by atoms with van der Waals surface area (Å²) in [7, 11) is 0. The zero-order valence-corrected chi connectivity index (χ0v) is 46.8. The van der Waals surface area contributed by atoms with Crippen LogP contribution in [0.4, 0.5) is 0 Å². The molecule has 16 rings (SSSR count). The monoisotopic (exact) mass is 1050 g/mol. The van der Waals surface area contributed by atoms with Crippen LogP contribution in [0, 0.1) is 11.3 Å². The number of nitrogens with zero attached hydrogens (tertiary/aromatic N) is 2. The molecular weight excluding hydrogens is 981 g/mol. The van der Waals surface area contributed by atoms with Crippen LogP contribution in [0.25, 0.3) is 38.1 Å². The fourth-order valence-corrected chi connectivity index (χ4v) is 16.8. The van der Waals surface area contributed by atoms with Gasteiger partial charge in [0.15, 0.2) is 5.78 Å². The summed E-state index contributed by atoms with van der Waals surface area (Å²) in [6, 6.07) is 88.7. The molecule has 396 valence electrons. The van der Waals surface area contributed by atoms with Gasteiger partial charge in [-0.2, -0.15) is 0 Å². The average molecular weight is 1050 g/mol. The van der Waals surface area contributed by atoms with Crippen LogP contribution in [0.15, 0.2) is 243 Å². The molecule has 12 aromatic rings. The molecule has 0 saturated heterocycles. The Hall–Kier alpha value is -8.40. The summed E-state index contributed by atoms with van der Waals surface area (Å²) >= 11 is 0. The van der Waals surface area contributed by atoms with Crippen molar-refractivity contribution in [2.24, 2.45) is 11.3 Å². The fourth-order valence-electron chi connectivity index (χ4n) is 16.8. The highest BCUT2D eigenvalue weighted by Gasteiger charge is 2.56. The molecule has 3 aromatic heterocycles. The maximum Gasteiger partial charge on any atom is 0.169 e. The number of benzene rings is 9. The van der Waals surface area contributed by atoms with Crippen molar-refractivity contribution < 1.29 is 4.79 Å². The first-order valence-electron chi connectivity index (χ1n) is 29.7. The number of rotatable bonds is 13. The van der Waals surface area contributed by atoms with Gasteiger partial charge in [0, 0.05) is 43.4 Å². The fraction of sp³-hybridized carbons (Fsp3) is 0.231. The molecule has 3 nitrogen and oxygen atoms in total. The topological polar surface area (TPSA) is 34.4 Å². The van der Waals surface area contributed by atoms with Gasteiger partial charge in [0.1, 0.15) is 0 Å². The van der Waals surface area contributed by atoms with Gasteiger partial charge in [0.05, 0.1) is 33.9 Å². The first-order chi connectivity index (χ1) is 39.6. The molecule has 0 N–H and O–H groups in total. The van der Waals surface area contributed by atoms with E-state index in [1.165, 1.54) is 88.4 Å². The van der Waals surface area contributed by atoms with Crippen molar-refractivity contribution >= 4 is 43.9 Å². The van der Waals surface area contributed by atoms with E-state index in [9.17, 15) is 0 Å². The zero-order valence-electron chi connectivity index (χ0n) is 46.8. The summed E-state index contributed by atoms with van der Waals surface area (Å²) < 4.78 is 2.57. The number of carbonyl (C=O) groups is 1. The number of aromatic nitrogens is 2. The predicted octanol–water partition coefficient (Wildman–Crippen LogP) is 18.1. The van der Waals surface area contributed by atoms with E-state index in [2.05, 4.69) is 268 Å². The van der Waals surface area contributed by atoms with Gasteiger partial charge in [-0.15, -0.1) is 0 Å². The van der Waals surface area contributed by atoms with Crippen LogP contribution in [-0.2, 0) is 47.3 Å². The molecule has 0 unspecified atom stereocenters. The summed E-state index contributed by atoms with van der Waals surface area (Å²) in [6.07, 6.45) is 10.4. The van der Waals surface area contributed by atoms with E-state index in [1.54, 1.807) is 0 Å².